The third-order valence-corrected chi connectivity index (χ3v) is 3.93. The molecule has 17 heavy (non-hydrogen) atoms. The molecule has 2 heterocycles. The van der Waals surface area contributed by atoms with E-state index in [0.29, 0.717) is 11.5 Å². The van der Waals surface area contributed by atoms with E-state index in [1.807, 2.05) is 0 Å². The lowest BCUT2D eigenvalue weighted by molar-refractivity contribution is 0.577. The fraction of sp³-hybridized carbons (Fsp3) is 0.333. The number of aryl methyl sites for hydroxylation is 2. The molecule has 0 fully saturated rings. The van der Waals surface area contributed by atoms with Gasteiger partial charge in [0.15, 0.2) is 0 Å². The van der Waals surface area contributed by atoms with Crippen LogP contribution >= 0.6 is 0 Å². The van der Waals surface area contributed by atoms with Crippen LogP contribution in [-0.2, 0) is 23.6 Å². The van der Waals surface area contributed by atoms with E-state index in [1.165, 1.54) is 6.20 Å². The molecule has 0 saturated heterocycles. The SMILES string of the molecule is Cc1[nH]ncc1S(=O)(=O)NCc1nccn1C. The summed E-state index contributed by atoms with van der Waals surface area (Å²) in [5.74, 6) is 0.648. The summed E-state index contributed by atoms with van der Waals surface area (Å²) in [5, 5.41) is 6.27. The first-order valence-corrected chi connectivity index (χ1v) is 6.45. The molecule has 0 aromatic carbocycles. The van der Waals surface area contributed by atoms with Crippen LogP contribution in [0, 0.1) is 6.92 Å². The number of hydrogen-bond acceptors (Lipinski definition) is 4. The molecule has 0 radical (unpaired) electrons. The van der Waals surface area contributed by atoms with E-state index in [0.717, 1.165) is 0 Å². The highest BCUT2D eigenvalue weighted by atomic mass is 32.2. The average molecular weight is 255 g/mol. The van der Waals surface area contributed by atoms with E-state index in [4.69, 9.17) is 0 Å². The summed E-state index contributed by atoms with van der Waals surface area (Å²) in [6.07, 6.45) is 4.66. The standard InChI is InChI=1S/C9H13N5O2S/c1-7-8(5-11-13-7)17(15,16)12-6-9-10-3-4-14(9)2/h3-5,12H,6H2,1-2H3,(H,11,13). The molecule has 0 spiro atoms. The third kappa shape index (κ3) is 2.37. The monoisotopic (exact) mass is 255 g/mol. The molecule has 0 aliphatic carbocycles. The molecule has 2 aromatic rings. The van der Waals surface area contributed by atoms with Crippen molar-refractivity contribution in [2.45, 2.75) is 18.4 Å². The molecule has 0 aliphatic heterocycles. The number of nitrogens with one attached hydrogen (secondary N) is 2. The van der Waals surface area contributed by atoms with Gasteiger partial charge in [0.25, 0.3) is 0 Å². The van der Waals surface area contributed by atoms with Crippen LogP contribution in [0.5, 0.6) is 0 Å². The van der Waals surface area contributed by atoms with Crippen LogP contribution in [0.2, 0.25) is 0 Å². The van der Waals surface area contributed by atoms with Crippen molar-refractivity contribution in [3.8, 4) is 0 Å². The largest absolute Gasteiger partial charge is 0.337 e. The molecule has 7 nitrogen and oxygen atoms in total. The van der Waals surface area contributed by atoms with Gasteiger partial charge in [-0.2, -0.15) is 5.10 Å². The van der Waals surface area contributed by atoms with Crippen LogP contribution in [0.15, 0.2) is 23.5 Å². The molecule has 0 saturated carbocycles. The number of hydrogen-bond donors (Lipinski definition) is 2. The summed E-state index contributed by atoms with van der Waals surface area (Å²) in [6, 6.07) is 0. The molecule has 0 aliphatic rings. The van der Waals surface area contributed by atoms with E-state index in [2.05, 4.69) is 19.9 Å². The van der Waals surface area contributed by atoms with Gasteiger partial charge in [-0.3, -0.25) is 5.10 Å². The summed E-state index contributed by atoms with van der Waals surface area (Å²) in [6.45, 7) is 1.80. The van der Waals surface area contributed by atoms with E-state index >= 15 is 0 Å². The Morgan fingerprint density at radius 3 is 2.82 bits per heavy atom. The maximum absolute atomic E-state index is 11.9. The second kappa shape index (κ2) is 4.30. The van der Waals surface area contributed by atoms with Crippen molar-refractivity contribution in [3.05, 3.63) is 30.1 Å². The second-order valence-corrected chi connectivity index (χ2v) is 5.37. The molecular weight excluding hydrogens is 242 g/mol. The van der Waals surface area contributed by atoms with Crippen LogP contribution in [0.3, 0.4) is 0 Å². The summed E-state index contributed by atoms with van der Waals surface area (Å²) < 4.78 is 28.1. The highest BCUT2D eigenvalue weighted by Crippen LogP contribution is 2.11. The molecule has 8 heteroatoms. The molecule has 0 atom stereocenters. The number of rotatable bonds is 4. The van der Waals surface area contributed by atoms with Gasteiger partial charge < -0.3 is 4.57 Å². The number of sulfonamides is 1. The highest BCUT2D eigenvalue weighted by Gasteiger charge is 2.18. The number of nitrogens with zero attached hydrogens (tertiary/aromatic N) is 3. The normalized spacial score (nSPS) is 11.9. The van der Waals surface area contributed by atoms with Crippen LogP contribution in [-0.4, -0.2) is 28.2 Å². The van der Waals surface area contributed by atoms with Crippen LogP contribution in [0.1, 0.15) is 11.5 Å². The fourth-order valence-corrected chi connectivity index (χ4v) is 2.53. The van der Waals surface area contributed by atoms with Crippen LogP contribution < -0.4 is 4.72 Å². The third-order valence-electron chi connectivity index (χ3n) is 2.41. The molecule has 2 aromatic heterocycles. The van der Waals surface area contributed by atoms with Gasteiger partial charge in [-0.15, -0.1) is 0 Å². The molecule has 0 bridgehead atoms. The zero-order valence-electron chi connectivity index (χ0n) is 9.51. The van der Waals surface area contributed by atoms with Gasteiger partial charge in [0.2, 0.25) is 10.0 Å². The van der Waals surface area contributed by atoms with Gasteiger partial charge in [0, 0.05) is 19.4 Å². The van der Waals surface area contributed by atoms with E-state index in [1.54, 1.807) is 30.9 Å². The maximum atomic E-state index is 11.9. The molecule has 2 rings (SSSR count). The van der Waals surface area contributed by atoms with Crippen LogP contribution in [0.4, 0.5) is 0 Å². The minimum Gasteiger partial charge on any atom is -0.337 e. The summed E-state index contributed by atoms with van der Waals surface area (Å²) in [5.41, 5.74) is 0.511. The van der Waals surface area contributed by atoms with E-state index in [-0.39, 0.29) is 11.4 Å². The predicted molar refractivity (Wildman–Crippen MR) is 60.6 cm³/mol. The van der Waals surface area contributed by atoms with Gasteiger partial charge in [-0.25, -0.2) is 18.1 Å². The number of H-pyrrole nitrogens is 1. The van der Waals surface area contributed by atoms with Crippen molar-refractivity contribution in [1.29, 1.82) is 0 Å². The minimum absolute atomic E-state index is 0.149. The Morgan fingerprint density at radius 1 is 1.53 bits per heavy atom. The van der Waals surface area contributed by atoms with E-state index < -0.39 is 10.0 Å². The Kier molecular flexibility index (Phi) is 2.99. The summed E-state index contributed by atoms with van der Waals surface area (Å²) in [4.78, 5) is 4.19. The lowest BCUT2D eigenvalue weighted by atomic mass is 10.5. The average Bonchev–Trinajstić information content (AvgIpc) is 2.85. The zero-order chi connectivity index (χ0) is 12.5. The molecule has 92 valence electrons. The zero-order valence-corrected chi connectivity index (χ0v) is 10.3. The second-order valence-electron chi connectivity index (χ2n) is 3.64. The van der Waals surface area contributed by atoms with Gasteiger partial charge >= 0.3 is 0 Å². The first kappa shape index (κ1) is 11.8. The Morgan fingerprint density at radius 2 is 2.29 bits per heavy atom. The predicted octanol–water partition coefficient (Wildman–Crippen LogP) is -0.0699. The number of imidazole rings is 1. The topological polar surface area (TPSA) is 92.7 Å². The lowest BCUT2D eigenvalue weighted by Crippen LogP contribution is -2.25. The smallest absolute Gasteiger partial charge is 0.244 e. The van der Waals surface area contributed by atoms with Gasteiger partial charge in [0.05, 0.1) is 18.4 Å². The number of aromatic amines is 1. The van der Waals surface area contributed by atoms with Crippen molar-refractivity contribution in [3.63, 3.8) is 0 Å². The van der Waals surface area contributed by atoms with E-state index in [9.17, 15) is 8.42 Å². The quantitative estimate of drug-likeness (QED) is 0.799. The Hall–Kier alpha value is -1.67. The number of aromatic nitrogens is 4. The van der Waals surface area contributed by atoms with Gasteiger partial charge in [-0.05, 0) is 6.92 Å². The van der Waals surface area contributed by atoms with Gasteiger partial charge in [-0.1, -0.05) is 0 Å². The fourth-order valence-electron chi connectivity index (χ4n) is 1.41. The summed E-state index contributed by atoms with van der Waals surface area (Å²) in [7, 11) is -1.73. The van der Waals surface area contributed by atoms with Crippen molar-refractivity contribution in [1.82, 2.24) is 24.5 Å². The van der Waals surface area contributed by atoms with Crippen molar-refractivity contribution in [2.24, 2.45) is 7.05 Å². The lowest BCUT2D eigenvalue weighted by Gasteiger charge is -2.05. The maximum Gasteiger partial charge on any atom is 0.244 e. The van der Waals surface area contributed by atoms with Crippen molar-refractivity contribution >= 4 is 10.0 Å². The van der Waals surface area contributed by atoms with Crippen LogP contribution in [0.25, 0.3) is 0 Å². The highest BCUT2D eigenvalue weighted by molar-refractivity contribution is 7.89. The first-order valence-electron chi connectivity index (χ1n) is 4.96. The Labute approximate surface area is 98.9 Å². The summed E-state index contributed by atoms with van der Waals surface area (Å²) >= 11 is 0. The first-order chi connectivity index (χ1) is 8.00. The van der Waals surface area contributed by atoms with Crippen molar-refractivity contribution in [2.75, 3.05) is 0 Å². The molecular formula is C9H13N5O2S. The Balaban J connectivity index is 2.15. The molecule has 2 N–H and O–H groups in total. The molecule has 0 amide bonds. The Bertz CT molecular complexity index is 613. The van der Waals surface area contributed by atoms with Crippen molar-refractivity contribution < 1.29 is 8.42 Å². The van der Waals surface area contributed by atoms with Gasteiger partial charge in [0.1, 0.15) is 10.7 Å². The molecule has 0 unspecified atom stereocenters. The minimum atomic E-state index is -3.54.